The lowest BCUT2D eigenvalue weighted by atomic mass is 10.3. The molecule has 1 N–H and O–H groups in total. The van der Waals surface area contributed by atoms with Crippen LogP contribution in [-0.2, 0) is 0 Å². The van der Waals surface area contributed by atoms with E-state index in [0.717, 1.165) is 12.3 Å². The first kappa shape index (κ1) is 7.84. The molecule has 1 rings (SSSR count). The highest BCUT2D eigenvalue weighted by Crippen LogP contribution is 2.16. The Morgan fingerprint density at radius 1 is 1.45 bits per heavy atom. The van der Waals surface area contributed by atoms with Gasteiger partial charge in [0.25, 0.3) is 12.0 Å². The van der Waals surface area contributed by atoms with Crippen LogP contribution in [0.3, 0.4) is 0 Å². The molecule has 0 aliphatic heterocycles. The normalized spacial score (nSPS) is 10.5. The lowest BCUT2D eigenvalue weighted by Gasteiger charge is -1.97. The molecule has 0 fully saturated rings. The van der Waals surface area contributed by atoms with Crippen LogP contribution in [0.2, 0.25) is 0 Å². The number of halogens is 3. The van der Waals surface area contributed by atoms with E-state index in [2.05, 4.69) is 0 Å². The summed E-state index contributed by atoms with van der Waals surface area (Å²) in [5.41, 5.74) is -2.19. The molecular weight excluding hydrogens is 159 g/mol. The van der Waals surface area contributed by atoms with E-state index in [1.807, 2.05) is 4.98 Å². The maximum Gasteiger partial charge on any atom is 0.272 e. The molecule has 0 aliphatic carbocycles. The van der Waals surface area contributed by atoms with Crippen LogP contribution in [-0.4, -0.2) is 4.98 Å². The molecule has 5 heteroatoms. The van der Waals surface area contributed by atoms with Crippen LogP contribution in [0.25, 0.3) is 0 Å². The SMILES string of the molecule is O=c1[nH]ccc(F)c1C(F)F. The molecular formula is C6H4F3NO. The second kappa shape index (κ2) is 2.77. The van der Waals surface area contributed by atoms with Crippen molar-refractivity contribution in [3.05, 3.63) is 34.0 Å². The van der Waals surface area contributed by atoms with Crippen LogP contribution in [0.5, 0.6) is 0 Å². The first-order valence-corrected chi connectivity index (χ1v) is 2.78. The minimum Gasteiger partial charge on any atom is -0.329 e. The molecule has 0 saturated heterocycles. The van der Waals surface area contributed by atoms with Gasteiger partial charge in [-0.25, -0.2) is 13.2 Å². The Kier molecular flexibility index (Phi) is 1.98. The highest BCUT2D eigenvalue weighted by molar-refractivity contribution is 5.12. The minimum absolute atomic E-state index is 0.781. The van der Waals surface area contributed by atoms with E-state index < -0.39 is 23.4 Å². The molecule has 0 atom stereocenters. The molecule has 1 aromatic rings. The van der Waals surface area contributed by atoms with Crippen molar-refractivity contribution in [2.24, 2.45) is 0 Å². The number of alkyl halides is 2. The minimum atomic E-state index is -3.07. The van der Waals surface area contributed by atoms with Gasteiger partial charge in [0.05, 0.1) is 0 Å². The molecule has 0 saturated carbocycles. The smallest absolute Gasteiger partial charge is 0.272 e. The molecule has 0 radical (unpaired) electrons. The standard InChI is InChI=1S/C6H4F3NO/c7-3-1-2-10-6(11)4(3)5(8)9/h1-2,5H,(H,10,11). The van der Waals surface area contributed by atoms with Crippen molar-refractivity contribution in [1.29, 1.82) is 0 Å². The van der Waals surface area contributed by atoms with Crippen molar-refractivity contribution in [2.75, 3.05) is 0 Å². The number of hydrogen-bond acceptors (Lipinski definition) is 1. The van der Waals surface area contributed by atoms with E-state index in [9.17, 15) is 18.0 Å². The van der Waals surface area contributed by atoms with Crippen LogP contribution in [0.4, 0.5) is 13.2 Å². The molecule has 0 amide bonds. The number of hydrogen-bond donors (Lipinski definition) is 1. The molecule has 1 heterocycles. The topological polar surface area (TPSA) is 32.9 Å². The van der Waals surface area contributed by atoms with Gasteiger partial charge in [0.1, 0.15) is 11.4 Å². The Hall–Kier alpha value is -1.26. The maximum atomic E-state index is 12.4. The Balaban J connectivity index is 3.33. The van der Waals surface area contributed by atoms with E-state index in [-0.39, 0.29) is 0 Å². The highest BCUT2D eigenvalue weighted by Gasteiger charge is 2.16. The van der Waals surface area contributed by atoms with Gasteiger partial charge in [-0.3, -0.25) is 4.79 Å². The van der Waals surface area contributed by atoms with E-state index in [0.29, 0.717) is 0 Å². The van der Waals surface area contributed by atoms with Gasteiger partial charge >= 0.3 is 0 Å². The van der Waals surface area contributed by atoms with Gasteiger partial charge < -0.3 is 4.98 Å². The van der Waals surface area contributed by atoms with Crippen LogP contribution >= 0.6 is 0 Å². The van der Waals surface area contributed by atoms with Crippen molar-refractivity contribution < 1.29 is 13.2 Å². The second-order valence-corrected chi connectivity index (χ2v) is 1.87. The van der Waals surface area contributed by atoms with Gasteiger partial charge in [-0.15, -0.1) is 0 Å². The van der Waals surface area contributed by atoms with Crippen LogP contribution in [0, 0.1) is 5.82 Å². The first-order valence-electron chi connectivity index (χ1n) is 2.78. The zero-order valence-corrected chi connectivity index (χ0v) is 5.27. The summed E-state index contributed by atoms with van der Waals surface area (Å²) in [6, 6.07) is 0.781. The third-order valence-electron chi connectivity index (χ3n) is 1.16. The van der Waals surface area contributed by atoms with Crippen molar-refractivity contribution in [1.82, 2.24) is 4.98 Å². The molecule has 0 unspecified atom stereocenters. The summed E-state index contributed by atoms with van der Waals surface area (Å²) in [6.07, 6.45) is -2.09. The zero-order valence-electron chi connectivity index (χ0n) is 5.27. The summed E-state index contributed by atoms with van der Waals surface area (Å²) >= 11 is 0. The second-order valence-electron chi connectivity index (χ2n) is 1.87. The Morgan fingerprint density at radius 3 is 2.45 bits per heavy atom. The van der Waals surface area contributed by atoms with E-state index in [1.54, 1.807) is 0 Å². The van der Waals surface area contributed by atoms with Crippen molar-refractivity contribution >= 4 is 0 Å². The van der Waals surface area contributed by atoms with Gasteiger partial charge in [0.2, 0.25) is 0 Å². The summed E-state index contributed by atoms with van der Waals surface area (Å²) in [4.78, 5) is 12.5. The Morgan fingerprint density at radius 2 is 2.09 bits per heavy atom. The molecule has 0 aliphatic rings. The first-order chi connectivity index (χ1) is 5.13. The fourth-order valence-electron chi connectivity index (χ4n) is 0.670. The molecule has 0 spiro atoms. The van der Waals surface area contributed by atoms with E-state index >= 15 is 0 Å². The summed E-state index contributed by atoms with van der Waals surface area (Å²) in [6.45, 7) is 0. The number of aromatic amines is 1. The van der Waals surface area contributed by atoms with Crippen molar-refractivity contribution in [3.8, 4) is 0 Å². The average Bonchev–Trinajstić information content (AvgIpc) is 1.85. The van der Waals surface area contributed by atoms with Gasteiger partial charge in [-0.05, 0) is 6.07 Å². The Bertz CT molecular complexity index is 307. The lowest BCUT2D eigenvalue weighted by Crippen LogP contribution is -2.14. The predicted molar refractivity (Wildman–Crippen MR) is 32.0 cm³/mol. The fraction of sp³-hybridized carbons (Fsp3) is 0.167. The molecule has 1 aromatic heterocycles. The average molecular weight is 163 g/mol. The van der Waals surface area contributed by atoms with Gasteiger partial charge in [-0.2, -0.15) is 0 Å². The third kappa shape index (κ3) is 1.42. The maximum absolute atomic E-state index is 12.4. The van der Waals surface area contributed by atoms with Gasteiger partial charge in [-0.1, -0.05) is 0 Å². The molecule has 2 nitrogen and oxygen atoms in total. The largest absolute Gasteiger partial charge is 0.329 e. The number of rotatable bonds is 1. The van der Waals surface area contributed by atoms with Crippen LogP contribution in [0.15, 0.2) is 17.1 Å². The molecule has 60 valence electrons. The van der Waals surface area contributed by atoms with Gasteiger partial charge in [0.15, 0.2) is 0 Å². The zero-order chi connectivity index (χ0) is 8.43. The number of aromatic nitrogens is 1. The van der Waals surface area contributed by atoms with E-state index in [4.69, 9.17) is 0 Å². The molecule has 0 aromatic carbocycles. The summed E-state index contributed by atoms with van der Waals surface area (Å²) in [5.74, 6) is -1.18. The number of pyridine rings is 1. The van der Waals surface area contributed by atoms with E-state index in [1.165, 1.54) is 0 Å². The Labute approximate surface area is 59.7 Å². The van der Waals surface area contributed by atoms with Crippen molar-refractivity contribution in [2.45, 2.75) is 6.43 Å². The van der Waals surface area contributed by atoms with Crippen LogP contribution in [0.1, 0.15) is 12.0 Å². The molecule has 11 heavy (non-hydrogen) atoms. The quantitative estimate of drug-likeness (QED) is 0.667. The third-order valence-corrected chi connectivity index (χ3v) is 1.16. The number of H-pyrrole nitrogens is 1. The lowest BCUT2D eigenvalue weighted by molar-refractivity contribution is 0.144. The summed E-state index contributed by atoms with van der Waals surface area (Å²) in [5, 5.41) is 0. The predicted octanol–water partition coefficient (Wildman–Crippen LogP) is 1.45. The van der Waals surface area contributed by atoms with Crippen LogP contribution < -0.4 is 5.56 Å². The highest BCUT2D eigenvalue weighted by atomic mass is 19.3. The fourth-order valence-corrected chi connectivity index (χ4v) is 0.670. The van der Waals surface area contributed by atoms with Crippen molar-refractivity contribution in [3.63, 3.8) is 0 Å². The van der Waals surface area contributed by atoms with Gasteiger partial charge in [0, 0.05) is 6.20 Å². The monoisotopic (exact) mass is 163 g/mol. The summed E-state index contributed by atoms with van der Waals surface area (Å²) in [7, 11) is 0. The number of nitrogens with one attached hydrogen (secondary N) is 1. The molecule has 0 bridgehead atoms. The summed E-state index contributed by atoms with van der Waals surface area (Å²) < 4.78 is 36.1.